The van der Waals surface area contributed by atoms with Gasteiger partial charge in [-0.25, -0.2) is 4.98 Å². The number of ketones is 1. The number of nitrogens with zero attached hydrogens (tertiary/aromatic N) is 2. The summed E-state index contributed by atoms with van der Waals surface area (Å²) in [6, 6.07) is 9.77. The summed E-state index contributed by atoms with van der Waals surface area (Å²) < 4.78 is 1.83. The third-order valence-corrected chi connectivity index (χ3v) is 2.40. The maximum Gasteiger partial charge on any atom is 0.198 e. The summed E-state index contributed by atoms with van der Waals surface area (Å²) in [5, 5.41) is 0. The molecule has 1 aromatic carbocycles. The monoisotopic (exact) mass is 214 g/mol. The Hall–Kier alpha value is -1.90. The van der Waals surface area contributed by atoms with E-state index >= 15 is 0 Å². The average molecular weight is 214 g/mol. The second-order valence-electron chi connectivity index (χ2n) is 3.63. The van der Waals surface area contributed by atoms with Crippen molar-refractivity contribution in [3.63, 3.8) is 0 Å². The molecule has 2 rings (SSSR count). The molecule has 0 radical (unpaired) electrons. The van der Waals surface area contributed by atoms with Gasteiger partial charge in [-0.3, -0.25) is 9.36 Å². The molecule has 0 saturated heterocycles. The molecule has 0 aliphatic heterocycles. The fourth-order valence-electron chi connectivity index (χ4n) is 1.65. The molecule has 0 amide bonds. The number of rotatable bonds is 4. The lowest BCUT2D eigenvalue weighted by atomic mass is 10.2. The molecular weight excluding hydrogens is 200 g/mol. The van der Waals surface area contributed by atoms with Crippen molar-refractivity contribution in [2.45, 2.75) is 19.8 Å². The Bertz CT molecular complexity index is 474. The highest BCUT2D eigenvalue weighted by Crippen LogP contribution is 2.12. The average Bonchev–Trinajstić information content (AvgIpc) is 2.79. The topological polar surface area (TPSA) is 34.9 Å². The smallest absolute Gasteiger partial charge is 0.198 e. The Kier molecular flexibility index (Phi) is 3.15. The maximum atomic E-state index is 11.8. The van der Waals surface area contributed by atoms with Crippen LogP contribution in [0.4, 0.5) is 0 Å². The van der Waals surface area contributed by atoms with Crippen molar-refractivity contribution in [1.29, 1.82) is 0 Å². The van der Waals surface area contributed by atoms with E-state index in [-0.39, 0.29) is 5.78 Å². The summed E-state index contributed by atoms with van der Waals surface area (Å²) in [5.41, 5.74) is 0.972. The zero-order valence-electron chi connectivity index (χ0n) is 9.26. The Morgan fingerprint density at radius 1 is 1.31 bits per heavy atom. The summed E-state index contributed by atoms with van der Waals surface area (Å²) in [5.74, 6) is 0.615. The number of carbonyl (C=O) groups excluding carboxylic acids is 1. The summed E-state index contributed by atoms with van der Waals surface area (Å²) in [7, 11) is 0. The number of hydrogen-bond acceptors (Lipinski definition) is 2. The lowest BCUT2D eigenvalue weighted by molar-refractivity contribution is 0.0970. The normalized spacial score (nSPS) is 10.3. The first-order chi connectivity index (χ1) is 7.83. The van der Waals surface area contributed by atoms with Crippen LogP contribution < -0.4 is 0 Å². The standard InChI is InChI=1S/C13H14N2O/c1-2-6-12(16)13-14-9-10-15(13)11-7-4-3-5-8-11/h3-5,7-10H,2,6H2,1H3. The van der Waals surface area contributed by atoms with Gasteiger partial charge >= 0.3 is 0 Å². The molecule has 0 aliphatic rings. The predicted octanol–water partition coefficient (Wildman–Crippen LogP) is 2.86. The SMILES string of the molecule is CCCC(=O)c1nccn1-c1ccccc1. The molecule has 0 bridgehead atoms. The first-order valence-corrected chi connectivity index (χ1v) is 5.45. The van der Waals surface area contributed by atoms with Crippen LogP contribution in [0.3, 0.4) is 0 Å². The van der Waals surface area contributed by atoms with E-state index < -0.39 is 0 Å². The molecule has 3 heteroatoms. The lowest BCUT2D eigenvalue weighted by Crippen LogP contribution is -2.08. The number of para-hydroxylation sites is 1. The van der Waals surface area contributed by atoms with Crippen molar-refractivity contribution in [2.24, 2.45) is 0 Å². The van der Waals surface area contributed by atoms with Gasteiger partial charge in [0.1, 0.15) is 0 Å². The van der Waals surface area contributed by atoms with E-state index in [0.29, 0.717) is 12.2 Å². The molecule has 1 heterocycles. The van der Waals surface area contributed by atoms with Gasteiger partial charge in [0, 0.05) is 24.5 Å². The Morgan fingerprint density at radius 3 is 2.75 bits per heavy atom. The van der Waals surface area contributed by atoms with E-state index in [4.69, 9.17) is 0 Å². The van der Waals surface area contributed by atoms with Crippen LogP contribution in [0.2, 0.25) is 0 Å². The van der Waals surface area contributed by atoms with Crippen molar-refractivity contribution in [3.05, 3.63) is 48.5 Å². The van der Waals surface area contributed by atoms with Crippen LogP contribution >= 0.6 is 0 Å². The minimum atomic E-state index is 0.0938. The van der Waals surface area contributed by atoms with Crippen LogP contribution in [0.1, 0.15) is 30.4 Å². The predicted molar refractivity (Wildman–Crippen MR) is 62.8 cm³/mol. The summed E-state index contributed by atoms with van der Waals surface area (Å²) in [6.07, 6.45) is 4.87. The zero-order chi connectivity index (χ0) is 11.4. The number of aromatic nitrogens is 2. The van der Waals surface area contributed by atoms with Crippen LogP contribution in [-0.4, -0.2) is 15.3 Å². The highest BCUT2D eigenvalue weighted by atomic mass is 16.1. The molecule has 0 aliphatic carbocycles. The summed E-state index contributed by atoms with van der Waals surface area (Å²) in [4.78, 5) is 15.9. The number of Topliss-reactive ketones (excluding diaryl/α,β-unsaturated/α-hetero) is 1. The van der Waals surface area contributed by atoms with Crippen molar-refractivity contribution in [2.75, 3.05) is 0 Å². The fraction of sp³-hybridized carbons (Fsp3) is 0.231. The van der Waals surface area contributed by atoms with E-state index in [2.05, 4.69) is 4.98 Å². The quantitative estimate of drug-likeness (QED) is 0.733. The van der Waals surface area contributed by atoms with Crippen LogP contribution in [0.5, 0.6) is 0 Å². The van der Waals surface area contributed by atoms with E-state index in [1.807, 2.05) is 48.0 Å². The molecule has 0 N–H and O–H groups in total. The van der Waals surface area contributed by atoms with Gasteiger partial charge in [-0.05, 0) is 18.6 Å². The third-order valence-electron chi connectivity index (χ3n) is 2.40. The molecule has 0 fully saturated rings. The fourth-order valence-corrected chi connectivity index (χ4v) is 1.65. The van der Waals surface area contributed by atoms with Gasteiger partial charge in [-0.15, -0.1) is 0 Å². The highest BCUT2D eigenvalue weighted by molar-refractivity contribution is 5.93. The molecule has 1 aromatic heterocycles. The Labute approximate surface area is 94.7 Å². The number of carbonyl (C=O) groups is 1. The van der Waals surface area contributed by atoms with Crippen LogP contribution in [0.15, 0.2) is 42.7 Å². The molecule has 3 nitrogen and oxygen atoms in total. The molecule has 82 valence electrons. The van der Waals surface area contributed by atoms with Gasteiger partial charge in [0.2, 0.25) is 0 Å². The van der Waals surface area contributed by atoms with E-state index in [9.17, 15) is 4.79 Å². The molecule has 2 aromatic rings. The van der Waals surface area contributed by atoms with Crippen molar-refractivity contribution in [1.82, 2.24) is 9.55 Å². The number of imidazole rings is 1. The minimum absolute atomic E-state index is 0.0938. The van der Waals surface area contributed by atoms with E-state index in [1.165, 1.54) is 0 Å². The van der Waals surface area contributed by atoms with Crippen molar-refractivity contribution in [3.8, 4) is 5.69 Å². The first kappa shape index (κ1) is 10.6. The van der Waals surface area contributed by atoms with Crippen LogP contribution in [0, 0.1) is 0 Å². The van der Waals surface area contributed by atoms with Gasteiger partial charge < -0.3 is 0 Å². The molecule has 0 saturated carbocycles. The molecule has 16 heavy (non-hydrogen) atoms. The van der Waals surface area contributed by atoms with Gasteiger partial charge in [0.15, 0.2) is 11.6 Å². The molecular formula is C13H14N2O. The van der Waals surface area contributed by atoms with Crippen LogP contribution in [0.25, 0.3) is 5.69 Å². The zero-order valence-corrected chi connectivity index (χ0v) is 9.26. The van der Waals surface area contributed by atoms with Crippen molar-refractivity contribution < 1.29 is 4.79 Å². The van der Waals surface area contributed by atoms with Gasteiger partial charge in [0.25, 0.3) is 0 Å². The Morgan fingerprint density at radius 2 is 2.06 bits per heavy atom. The maximum absolute atomic E-state index is 11.8. The number of hydrogen-bond donors (Lipinski definition) is 0. The Balaban J connectivity index is 2.37. The number of benzene rings is 1. The largest absolute Gasteiger partial charge is 0.297 e. The highest BCUT2D eigenvalue weighted by Gasteiger charge is 2.12. The summed E-state index contributed by atoms with van der Waals surface area (Å²) in [6.45, 7) is 1.99. The van der Waals surface area contributed by atoms with Gasteiger partial charge in [-0.1, -0.05) is 25.1 Å². The van der Waals surface area contributed by atoms with E-state index in [0.717, 1.165) is 12.1 Å². The van der Waals surface area contributed by atoms with Gasteiger partial charge in [0.05, 0.1) is 0 Å². The van der Waals surface area contributed by atoms with Gasteiger partial charge in [-0.2, -0.15) is 0 Å². The molecule has 0 unspecified atom stereocenters. The second kappa shape index (κ2) is 4.75. The van der Waals surface area contributed by atoms with Crippen LogP contribution in [-0.2, 0) is 0 Å². The molecule has 0 atom stereocenters. The minimum Gasteiger partial charge on any atom is -0.297 e. The lowest BCUT2D eigenvalue weighted by Gasteiger charge is -2.05. The first-order valence-electron chi connectivity index (χ1n) is 5.45. The second-order valence-corrected chi connectivity index (χ2v) is 3.63. The van der Waals surface area contributed by atoms with Crippen molar-refractivity contribution >= 4 is 5.78 Å². The third kappa shape index (κ3) is 2.03. The summed E-state index contributed by atoms with van der Waals surface area (Å²) >= 11 is 0. The molecule has 0 spiro atoms. The van der Waals surface area contributed by atoms with E-state index in [1.54, 1.807) is 6.20 Å².